The molecule has 0 amide bonds. The van der Waals surface area contributed by atoms with Crippen molar-refractivity contribution in [2.24, 2.45) is 5.73 Å². The van der Waals surface area contributed by atoms with E-state index in [0.29, 0.717) is 0 Å². The van der Waals surface area contributed by atoms with Crippen molar-refractivity contribution >= 4 is 0 Å². The van der Waals surface area contributed by atoms with E-state index < -0.39 is 0 Å². The summed E-state index contributed by atoms with van der Waals surface area (Å²) < 4.78 is 18.2. The summed E-state index contributed by atoms with van der Waals surface area (Å²) in [6, 6.07) is 6.34. The van der Waals surface area contributed by atoms with Crippen LogP contribution in [-0.2, 0) is 4.74 Å². The first-order chi connectivity index (χ1) is 7.25. The first-order valence-electron chi connectivity index (χ1n) is 5.38. The first kappa shape index (κ1) is 10.6. The summed E-state index contributed by atoms with van der Waals surface area (Å²) in [5.74, 6) is -0.219. The number of hydrogen-bond acceptors (Lipinski definition) is 2. The van der Waals surface area contributed by atoms with Crippen LogP contribution in [0.5, 0.6) is 0 Å². The van der Waals surface area contributed by atoms with Crippen LogP contribution >= 0.6 is 0 Å². The van der Waals surface area contributed by atoms with E-state index in [0.717, 1.165) is 31.4 Å². The molecule has 2 rings (SSSR count). The van der Waals surface area contributed by atoms with Gasteiger partial charge in [-0.1, -0.05) is 12.1 Å². The van der Waals surface area contributed by atoms with E-state index in [-0.39, 0.29) is 18.0 Å². The van der Waals surface area contributed by atoms with Gasteiger partial charge in [0.2, 0.25) is 0 Å². The van der Waals surface area contributed by atoms with Crippen LogP contribution < -0.4 is 5.73 Å². The molecule has 2 atom stereocenters. The third-order valence-corrected chi connectivity index (χ3v) is 2.84. The Hall–Kier alpha value is -0.930. The van der Waals surface area contributed by atoms with Gasteiger partial charge in [-0.25, -0.2) is 4.39 Å². The lowest BCUT2D eigenvalue weighted by Gasteiger charge is -2.16. The van der Waals surface area contributed by atoms with Crippen molar-refractivity contribution in [2.75, 3.05) is 6.61 Å². The second-order valence-corrected chi connectivity index (χ2v) is 4.03. The molecule has 0 spiro atoms. The van der Waals surface area contributed by atoms with Crippen molar-refractivity contribution < 1.29 is 9.13 Å². The van der Waals surface area contributed by atoms with Gasteiger partial charge in [0.25, 0.3) is 0 Å². The van der Waals surface area contributed by atoms with Crippen LogP contribution in [0.15, 0.2) is 24.3 Å². The SMILES string of the molecule is NC(CC1CCCO1)c1ccc(F)cc1. The van der Waals surface area contributed by atoms with Crippen molar-refractivity contribution in [3.05, 3.63) is 35.6 Å². The fourth-order valence-corrected chi connectivity index (χ4v) is 1.96. The molecule has 1 aliphatic heterocycles. The smallest absolute Gasteiger partial charge is 0.123 e. The molecule has 1 aliphatic rings. The monoisotopic (exact) mass is 209 g/mol. The molecule has 0 radical (unpaired) electrons. The molecule has 15 heavy (non-hydrogen) atoms. The molecule has 0 aromatic heterocycles. The Morgan fingerprint density at radius 2 is 2.13 bits per heavy atom. The molecule has 1 heterocycles. The van der Waals surface area contributed by atoms with Gasteiger partial charge in [-0.2, -0.15) is 0 Å². The quantitative estimate of drug-likeness (QED) is 0.829. The summed E-state index contributed by atoms with van der Waals surface area (Å²) in [5, 5.41) is 0. The maximum absolute atomic E-state index is 12.7. The standard InChI is InChI=1S/C12H16FNO/c13-10-5-3-9(4-6-10)12(14)8-11-2-1-7-15-11/h3-6,11-12H,1-2,7-8,14H2. The molecule has 1 saturated heterocycles. The van der Waals surface area contributed by atoms with Crippen molar-refractivity contribution in [2.45, 2.75) is 31.4 Å². The van der Waals surface area contributed by atoms with Gasteiger partial charge >= 0.3 is 0 Å². The van der Waals surface area contributed by atoms with E-state index in [9.17, 15) is 4.39 Å². The predicted molar refractivity (Wildman–Crippen MR) is 56.9 cm³/mol. The molecule has 1 fully saturated rings. The highest BCUT2D eigenvalue weighted by atomic mass is 19.1. The van der Waals surface area contributed by atoms with E-state index >= 15 is 0 Å². The van der Waals surface area contributed by atoms with Crippen LogP contribution in [0.1, 0.15) is 30.9 Å². The number of nitrogens with two attached hydrogens (primary N) is 1. The van der Waals surface area contributed by atoms with Crippen LogP contribution in [0.2, 0.25) is 0 Å². The van der Waals surface area contributed by atoms with Crippen molar-refractivity contribution in [1.29, 1.82) is 0 Å². The fraction of sp³-hybridized carbons (Fsp3) is 0.500. The minimum Gasteiger partial charge on any atom is -0.378 e. The normalized spacial score (nSPS) is 22.9. The second-order valence-electron chi connectivity index (χ2n) is 4.03. The molecule has 0 bridgehead atoms. The summed E-state index contributed by atoms with van der Waals surface area (Å²) in [6.45, 7) is 0.848. The second kappa shape index (κ2) is 4.73. The minimum atomic E-state index is -0.219. The molecule has 1 aromatic rings. The highest BCUT2D eigenvalue weighted by molar-refractivity contribution is 5.19. The maximum atomic E-state index is 12.7. The summed E-state index contributed by atoms with van der Waals surface area (Å²) in [6.07, 6.45) is 3.33. The number of ether oxygens (including phenoxy) is 1. The molecule has 2 nitrogen and oxygen atoms in total. The fourth-order valence-electron chi connectivity index (χ4n) is 1.96. The average Bonchev–Trinajstić information content (AvgIpc) is 2.71. The predicted octanol–water partition coefficient (Wildman–Crippen LogP) is 2.39. The lowest BCUT2D eigenvalue weighted by atomic mass is 10.0. The summed E-state index contributed by atoms with van der Waals surface area (Å²) >= 11 is 0. The Kier molecular flexibility index (Phi) is 3.34. The van der Waals surface area contributed by atoms with Crippen molar-refractivity contribution in [3.63, 3.8) is 0 Å². The Morgan fingerprint density at radius 1 is 1.40 bits per heavy atom. The molecule has 1 aromatic carbocycles. The van der Waals surface area contributed by atoms with Gasteiger partial charge in [0.05, 0.1) is 6.10 Å². The van der Waals surface area contributed by atoms with Gasteiger partial charge in [-0.15, -0.1) is 0 Å². The van der Waals surface area contributed by atoms with Crippen LogP contribution in [0, 0.1) is 5.82 Å². The summed E-state index contributed by atoms with van der Waals surface area (Å²) in [4.78, 5) is 0. The molecule has 0 aliphatic carbocycles. The first-order valence-corrected chi connectivity index (χ1v) is 5.38. The van der Waals surface area contributed by atoms with E-state index in [2.05, 4.69) is 0 Å². The minimum absolute atomic E-state index is 0.0475. The Balaban J connectivity index is 1.94. The van der Waals surface area contributed by atoms with Gasteiger partial charge in [0, 0.05) is 12.6 Å². The van der Waals surface area contributed by atoms with E-state index in [4.69, 9.17) is 10.5 Å². The Morgan fingerprint density at radius 3 is 2.73 bits per heavy atom. The third kappa shape index (κ3) is 2.76. The third-order valence-electron chi connectivity index (χ3n) is 2.84. The maximum Gasteiger partial charge on any atom is 0.123 e. The van der Waals surface area contributed by atoms with Gasteiger partial charge in [0.1, 0.15) is 5.82 Å². The highest BCUT2D eigenvalue weighted by Gasteiger charge is 2.19. The van der Waals surface area contributed by atoms with Crippen molar-refractivity contribution in [1.82, 2.24) is 0 Å². The van der Waals surface area contributed by atoms with Crippen molar-refractivity contribution in [3.8, 4) is 0 Å². The van der Waals surface area contributed by atoms with Gasteiger partial charge in [-0.3, -0.25) is 0 Å². The zero-order valence-corrected chi connectivity index (χ0v) is 8.66. The van der Waals surface area contributed by atoms with Gasteiger partial charge in [0.15, 0.2) is 0 Å². The van der Waals surface area contributed by atoms with Crippen LogP contribution in [0.25, 0.3) is 0 Å². The zero-order chi connectivity index (χ0) is 10.7. The topological polar surface area (TPSA) is 35.2 Å². The Labute approximate surface area is 89.2 Å². The zero-order valence-electron chi connectivity index (χ0n) is 8.66. The summed E-state index contributed by atoms with van der Waals surface area (Å²) in [7, 11) is 0. The molecule has 82 valence electrons. The number of rotatable bonds is 3. The molecule has 2 N–H and O–H groups in total. The molecular weight excluding hydrogens is 193 g/mol. The molecular formula is C12H16FNO. The van der Waals surface area contributed by atoms with Crippen LogP contribution in [0.3, 0.4) is 0 Å². The van der Waals surface area contributed by atoms with Crippen LogP contribution in [0.4, 0.5) is 4.39 Å². The lowest BCUT2D eigenvalue weighted by molar-refractivity contribution is 0.0983. The van der Waals surface area contributed by atoms with Crippen LogP contribution in [-0.4, -0.2) is 12.7 Å². The highest BCUT2D eigenvalue weighted by Crippen LogP contribution is 2.23. The average molecular weight is 209 g/mol. The Bertz CT molecular complexity index is 306. The van der Waals surface area contributed by atoms with Gasteiger partial charge < -0.3 is 10.5 Å². The molecule has 2 unspecified atom stereocenters. The number of benzene rings is 1. The number of halogens is 1. The molecule has 3 heteroatoms. The largest absolute Gasteiger partial charge is 0.378 e. The lowest BCUT2D eigenvalue weighted by Crippen LogP contribution is -2.18. The molecule has 0 saturated carbocycles. The summed E-state index contributed by atoms with van der Waals surface area (Å²) in [5.41, 5.74) is 7.00. The van der Waals surface area contributed by atoms with E-state index in [1.54, 1.807) is 12.1 Å². The van der Waals surface area contributed by atoms with Gasteiger partial charge in [-0.05, 0) is 37.0 Å². The van der Waals surface area contributed by atoms with E-state index in [1.165, 1.54) is 12.1 Å². The van der Waals surface area contributed by atoms with E-state index in [1.807, 2.05) is 0 Å². The number of hydrogen-bond donors (Lipinski definition) is 1.